The molecular formula is C63H53N. The summed E-state index contributed by atoms with van der Waals surface area (Å²) in [4.78, 5) is 2.39. The normalized spacial score (nSPS) is 15.5. The van der Waals surface area contributed by atoms with E-state index in [4.69, 9.17) is 0 Å². The molecule has 2 aliphatic rings. The molecule has 0 heterocycles. The first-order valence-corrected chi connectivity index (χ1v) is 22.8. The molecule has 9 aromatic rings. The van der Waals surface area contributed by atoms with Crippen molar-refractivity contribution in [3.8, 4) is 55.6 Å². The first-order valence-electron chi connectivity index (χ1n) is 22.8. The van der Waals surface area contributed by atoms with Crippen molar-refractivity contribution in [3.05, 3.63) is 246 Å². The van der Waals surface area contributed by atoms with Crippen LogP contribution in [0.4, 0.5) is 17.1 Å². The van der Waals surface area contributed by atoms with Crippen LogP contribution in [0, 0.1) is 0 Å². The minimum Gasteiger partial charge on any atom is -0.311 e. The van der Waals surface area contributed by atoms with E-state index in [-0.39, 0.29) is 16.2 Å². The van der Waals surface area contributed by atoms with Crippen LogP contribution in [0.25, 0.3) is 55.6 Å². The van der Waals surface area contributed by atoms with E-state index in [1.165, 1.54) is 89.0 Å². The van der Waals surface area contributed by atoms with Crippen LogP contribution in [-0.4, -0.2) is 0 Å². The summed E-state index contributed by atoms with van der Waals surface area (Å²) in [7, 11) is 0. The molecule has 0 spiro atoms. The highest BCUT2D eigenvalue weighted by atomic mass is 15.1. The van der Waals surface area contributed by atoms with Gasteiger partial charge in [0, 0.05) is 27.9 Å². The Hall–Kier alpha value is -7.22. The van der Waals surface area contributed by atoms with Gasteiger partial charge in [0.25, 0.3) is 0 Å². The van der Waals surface area contributed by atoms with Gasteiger partial charge in [-0.2, -0.15) is 0 Å². The van der Waals surface area contributed by atoms with E-state index >= 15 is 0 Å². The summed E-state index contributed by atoms with van der Waals surface area (Å²) < 4.78 is 0. The average Bonchev–Trinajstić information content (AvgIpc) is 3.73. The van der Waals surface area contributed by atoms with E-state index in [0.29, 0.717) is 0 Å². The zero-order valence-electron chi connectivity index (χ0n) is 37.7. The molecular weight excluding hydrogens is 771 g/mol. The lowest BCUT2D eigenvalue weighted by Gasteiger charge is -2.29. The zero-order chi connectivity index (χ0) is 43.8. The molecule has 0 saturated carbocycles. The summed E-state index contributed by atoms with van der Waals surface area (Å²) >= 11 is 0. The molecule has 0 saturated heterocycles. The Labute approximate surface area is 379 Å². The highest BCUT2D eigenvalue weighted by Gasteiger charge is 2.41. The predicted octanol–water partition coefficient (Wildman–Crippen LogP) is 17.1. The first kappa shape index (κ1) is 39.6. The third-order valence-corrected chi connectivity index (χ3v) is 14.3. The summed E-state index contributed by atoms with van der Waals surface area (Å²) in [6, 6.07) is 79.1. The van der Waals surface area contributed by atoms with E-state index in [9.17, 15) is 0 Å². The van der Waals surface area contributed by atoms with Crippen molar-refractivity contribution in [1.29, 1.82) is 0 Å². The fraction of sp³-hybridized carbons (Fsp3) is 0.143. The van der Waals surface area contributed by atoms with Gasteiger partial charge in [0.05, 0.1) is 0 Å². The Morgan fingerprint density at radius 1 is 0.344 bits per heavy atom. The Bertz CT molecular complexity index is 3200. The van der Waals surface area contributed by atoms with Crippen LogP contribution in [0.1, 0.15) is 74.9 Å². The van der Waals surface area contributed by atoms with Crippen molar-refractivity contribution in [2.45, 2.75) is 57.8 Å². The fourth-order valence-corrected chi connectivity index (χ4v) is 10.9. The Kier molecular flexibility index (Phi) is 9.26. The predicted molar refractivity (Wildman–Crippen MR) is 271 cm³/mol. The maximum atomic E-state index is 2.43. The molecule has 2 aliphatic carbocycles. The minimum atomic E-state index is -0.241. The van der Waals surface area contributed by atoms with Gasteiger partial charge in [-0.3, -0.25) is 0 Å². The number of hydrogen-bond acceptors (Lipinski definition) is 1. The number of rotatable bonds is 7. The Morgan fingerprint density at radius 3 is 1.42 bits per heavy atom. The summed E-state index contributed by atoms with van der Waals surface area (Å²) in [6.07, 6.45) is 0. The molecule has 0 aromatic heterocycles. The zero-order valence-corrected chi connectivity index (χ0v) is 37.7. The van der Waals surface area contributed by atoms with E-state index in [1.54, 1.807) is 0 Å². The van der Waals surface area contributed by atoms with Crippen LogP contribution in [-0.2, 0) is 16.2 Å². The molecule has 11 rings (SSSR count). The van der Waals surface area contributed by atoms with Crippen LogP contribution < -0.4 is 4.90 Å². The molecule has 0 N–H and O–H groups in total. The molecule has 0 radical (unpaired) electrons. The maximum Gasteiger partial charge on any atom is 0.0462 e. The summed E-state index contributed by atoms with van der Waals surface area (Å²) in [6.45, 7) is 14.0. The lowest BCUT2D eigenvalue weighted by molar-refractivity contribution is 0.590. The molecule has 1 nitrogen and oxygen atoms in total. The summed E-state index contributed by atoms with van der Waals surface area (Å²) in [5.41, 5.74) is 24.0. The Morgan fingerprint density at radius 2 is 0.797 bits per heavy atom. The number of hydrogen-bond donors (Lipinski definition) is 0. The lowest BCUT2D eigenvalue weighted by atomic mass is 9.74. The van der Waals surface area contributed by atoms with Crippen LogP contribution in [0.2, 0.25) is 0 Å². The second-order valence-corrected chi connectivity index (χ2v) is 19.5. The third kappa shape index (κ3) is 6.28. The topological polar surface area (TPSA) is 3.24 Å². The molecule has 0 fully saturated rings. The minimum absolute atomic E-state index is 0.0603. The second kappa shape index (κ2) is 15.0. The average molecular weight is 824 g/mol. The van der Waals surface area contributed by atoms with Gasteiger partial charge in [0.1, 0.15) is 0 Å². The highest BCUT2D eigenvalue weighted by Crippen LogP contribution is 2.55. The van der Waals surface area contributed by atoms with Crippen molar-refractivity contribution < 1.29 is 0 Å². The van der Waals surface area contributed by atoms with Crippen molar-refractivity contribution in [3.63, 3.8) is 0 Å². The monoisotopic (exact) mass is 823 g/mol. The van der Waals surface area contributed by atoms with Gasteiger partial charge >= 0.3 is 0 Å². The maximum absolute atomic E-state index is 2.43. The third-order valence-electron chi connectivity index (χ3n) is 14.3. The molecule has 64 heavy (non-hydrogen) atoms. The molecule has 0 amide bonds. The summed E-state index contributed by atoms with van der Waals surface area (Å²) in [5.74, 6) is 0. The van der Waals surface area contributed by atoms with Crippen LogP contribution in [0.15, 0.2) is 212 Å². The van der Waals surface area contributed by atoms with Crippen LogP contribution >= 0.6 is 0 Å². The van der Waals surface area contributed by atoms with E-state index in [1.807, 2.05) is 0 Å². The van der Waals surface area contributed by atoms with Crippen LogP contribution in [0.5, 0.6) is 0 Å². The SMILES string of the molecule is CC(C)(C)c1ccc(N(c2ccc(-c3ccc4c(c3)C(C)(c3ccccc3)c3ccccc3-4)cc2)c2ccc(-c3ccccc3-c3cccc4c3C(C)(C)c3ccccc3-4)cc2)cc1. The van der Waals surface area contributed by atoms with Gasteiger partial charge in [0.15, 0.2) is 0 Å². The number of nitrogens with zero attached hydrogens (tertiary/aromatic N) is 1. The van der Waals surface area contributed by atoms with Gasteiger partial charge in [-0.05, 0) is 144 Å². The molecule has 0 aliphatic heterocycles. The largest absolute Gasteiger partial charge is 0.311 e. The van der Waals surface area contributed by atoms with Gasteiger partial charge < -0.3 is 4.90 Å². The number of anilines is 3. The van der Waals surface area contributed by atoms with Gasteiger partial charge in [-0.25, -0.2) is 0 Å². The highest BCUT2D eigenvalue weighted by molar-refractivity contribution is 5.93. The quantitative estimate of drug-likeness (QED) is 0.155. The van der Waals surface area contributed by atoms with Crippen molar-refractivity contribution in [2.24, 2.45) is 0 Å². The molecule has 1 heteroatoms. The van der Waals surface area contributed by atoms with Gasteiger partial charge in [0.2, 0.25) is 0 Å². The van der Waals surface area contributed by atoms with Crippen molar-refractivity contribution >= 4 is 17.1 Å². The number of fused-ring (bicyclic) bond motifs is 6. The molecule has 9 aromatic carbocycles. The lowest BCUT2D eigenvalue weighted by Crippen LogP contribution is -2.22. The van der Waals surface area contributed by atoms with Crippen molar-refractivity contribution in [1.82, 2.24) is 0 Å². The number of benzene rings is 9. The fourth-order valence-electron chi connectivity index (χ4n) is 10.9. The molecule has 1 unspecified atom stereocenters. The standard InChI is InChI=1S/C63H53N/c1-61(2,3)45-32-38-49(39-33-45)64(47-34-27-42(28-35-47)44-31-40-54-52-21-13-15-26-58(52)63(6,59(54)41-44)46-17-8-7-9-18-46)48-36-29-43(30-37-48)50-19-10-11-20-51(50)55-23-16-24-56-53-22-12-14-25-57(53)62(4,5)60(55)56/h7-41H,1-6H3. The molecule has 0 bridgehead atoms. The second-order valence-electron chi connectivity index (χ2n) is 19.5. The van der Waals surface area contributed by atoms with Crippen molar-refractivity contribution in [2.75, 3.05) is 4.90 Å². The molecule has 310 valence electrons. The summed E-state index contributed by atoms with van der Waals surface area (Å²) in [5, 5.41) is 0. The smallest absolute Gasteiger partial charge is 0.0462 e. The van der Waals surface area contributed by atoms with E-state index < -0.39 is 0 Å². The molecule has 1 atom stereocenters. The van der Waals surface area contributed by atoms with Gasteiger partial charge in [-0.1, -0.05) is 204 Å². The first-order chi connectivity index (χ1) is 31.0. The Balaban J connectivity index is 0.967. The van der Waals surface area contributed by atoms with Gasteiger partial charge in [-0.15, -0.1) is 0 Å². The van der Waals surface area contributed by atoms with E-state index in [2.05, 4.69) is 259 Å². The van der Waals surface area contributed by atoms with E-state index in [0.717, 1.165) is 17.1 Å². The van der Waals surface area contributed by atoms with Crippen LogP contribution in [0.3, 0.4) is 0 Å².